The number of rotatable bonds is 4. The van der Waals surface area contributed by atoms with E-state index in [2.05, 4.69) is 112 Å². The zero-order valence-electron chi connectivity index (χ0n) is 25.7. The van der Waals surface area contributed by atoms with E-state index in [9.17, 15) is 10.5 Å². The Labute approximate surface area is 276 Å². The summed E-state index contributed by atoms with van der Waals surface area (Å²) in [4.78, 5) is 4.89. The summed E-state index contributed by atoms with van der Waals surface area (Å²) in [7, 11) is 0. The van der Waals surface area contributed by atoms with E-state index < -0.39 is 0 Å². The zero-order chi connectivity index (χ0) is 32.2. The van der Waals surface area contributed by atoms with Gasteiger partial charge in [0.2, 0.25) is 0 Å². The lowest BCUT2D eigenvalue weighted by molar-refractivity contribution is 1.11. The molecule has 0 aliphatic heterocycles. The first-order chi connectivity index (χ1) is 23.7. The lowest BCUT2D eigenvalue weighted by Crippen LogP contribution is -2.01. The van der Waals surface area contributed by atoms with Crippen LogP contribution in [0.25, 0.3) is 77.4 Å². The Balaban J connectivity index is 1.40. The fourth-order valence-corrected chi connectivity index (χ4v) is 7.13. The Morgan fingerprint density at radius 3 is 1.81 bits per heavy atom. The summed E-state index contributed by atoms with van der Waals surface area (Å²) in [6.07, 6.45) is 1.85. The monoisotopic (exact) mass is 611 g/mol. The second-order valence-corrected chi connectivity index (χ2v) is 11.9. The molecule has 222 valence electrons. The molecule has 5 nitrogen and oxygen atoms in total. The first-order valence-corrected chi connectivity index (χ1v) is 15.7. The van der Waals surface area contributed by atoms with Crippen molar-refractivity contribution in [2.24, 2.45) is 0 Å². The number of fused-ring (bicyclic) bond motifs is 6. The van der Waals surface area contributed by atoms with E-state index >= 15 is 0 Å². The highest BCUT2D eigenvalue weighted by Crippen LogP contribution is 2.39. The summed E-state index contributed by atoms with van der Waals surface area (Å²) in [5.74, 6) is 0. The maximum absolute atomic E-state index is 9.74. The number of hydrogen-bond donors (Lipinski definition) is 0. The fraction of sp³-hybridized carbons (Fsp3) is 0. The molecule has 0 aliphatic carbocycles. The second kappa shape index (κ2) is 10.8. The minimum Gasteiger partial charge on any atom is -0.309 e. The largest absolute Gasteiger partial charge is 0.309 e. The van der Waals surface area contributed by atoms with Crippen LogP contribution in [0.15, 0.2) is 152 Å². The summed E-state index contributed by atoms with van der Waals surface area (Å²) < 4.78 is 4.54. The van der Waals surface area contributed by atoms with Gasteiger partial charge in [-0.1, -0.05) is 72.8 Å². The van der Waals surface area contributed by atoms with Crippen molar-refractivity contribution in [1.82, 2.24) is 14.1 Å². The van der Waals surface area contributed by atoms with Crippen LogP contribution in [-0.4, -0.2) is 14.1 Å². The number of nitrogens with zero attached hydrogens (tertiary/aromatic N) is 5. The van der Waals surface area contributed by atoms with Crippen LogP contribution in [0.4, 0.5) is 0 Å². The molecule has 5 heteroatoms. The zero-order valence-corrected chi connectivity index (χ0v) is 25.7. The normalized spacial score (nSPS) is 11.3. The number of aromatic nitrogens is 3. The van der Waals surface area contributed by atoms with Crippen LogP contribution in [0, 0.1) is 22.7 Å². The van der Waals surface area contributed by atoms with Gasteiger partial charge in [-0.3, -0.25) is 4.57 Å². The molecular formula is C43H25N5. The van der Waals surface area contributed by atoms with Crippen LogP contribution in [0.1, 0.15) is 11.1 Å². The average Bonchev–Trinajstić information content (AvgIpc) is 3.67. The SMILES string of the molecule is N#Cc1cccc(-c2ccccc2-c2cc(-n3c4ccccc4c4cc(C#N)ccc43)cc(-n3c4ccccc4c4cccnc43)c2)c1. The number of hydrogen-bond acceptors (Lipinski definition) is 3. The van der Waals surface area contributed by atoms with Gasteiger partial charge in [-0.2, -0.15) is 10.5 Å². The third-order valence-corrected chi connectivity index (χ3v) is 9.19. The molecule has 0 fully saturated rings. The van der Waals surface area contributed by atoms with Gasteiger partial charge in [-0.25, -0.2) is 4.98 Å². The molecule has 0 atom stereocenters. The molecule has 0 N–H and O–H groups in total. The van der Waals surface area contributed by atoms with Gasteiger partial charge in [-0.05, 0) is 95.1 Å². The predicted molar refractivity (Wildman–Crippen MR) is 193 cm³/mol. The number of benzene rings is 6. The molecule has 9 aromatic rings. The molecule has 0 amide bonds. The van der Waals surface area contributed by atoms with Crippen molar-refractivity contribution in [1.29, 1.82) is 10.5 Å². The minimum atomic E-state index is 0.620. The molecule has 9 rings (SSSR count). The van der Waals surface area contributed by atoms with Gasteiger partial charge in [0, 0.05) is 33.4 Å². The quantitative estimate of drug-likeness (QED) is 0.199. The highest BCUT2D eigenvalue weighted by molar-refractivity contribution is 6.10. The van der Waals surface area contributed by atoms with Crippen molar-refractivity contribution in [2.45, 2.75) is 0 Å². The summed E-state index contributed by atoms with van der Waals surface area (Å²) in [6.45, 7) is 0. The van der Waals surface area contributed by atoms with Crippen LogP contribution in [0.2, 0.25) is 0 Å². The molecule has 0 saturated carbocycles. The Bertz CT molecular complexity index is 2770. The summed E-state index contributed by atoms with van der Waals surface area (Å²) in [5.41, 5.74) is 11.4. The van der Waals surface area contributed by atoms with Crippen LogP contribution >= 0.6 is 0 Å². The average molecular weight is 612 g/mol. The van der Waals surface area contributed by atoms with Gasteiger partial charge >= 0.3 is 0 Å². The van der Waals surface area contributed by atoms with Gasteiger partial charge in [0.1, 0.15) is 5.65 Å². The molecule has 0 bridgehead atoms. The molecule has 3 heterocycles. The highest BCUT2D eigenvalue weighted by Gasteiger charge is 2.19. The first kappa shape index (κ1) is 27.4. The lowest BCUT2D eigenvalue weighted by atomic mass is 9.93. The van der Waals surface area contributed by atoms with Gasteiger partial charge in [-0.15, -0.1) is 0 Å². The van der Waals surface area contributed by atoms with E-state index in [4.69, 9.17) is 4.98 Å². The van der Waals surface area contributed by atoms with Crippen molar-refractivity contribution in [2.75, 3.05) is 0 Å². The number of pyridine rings is 1. The lowest BCUT2D eigenvalue weighted by Gasteiger charge is -2.17. The van der Waals surface area contributed by atoms with E-state index in [1.54, 1.807) is 0 Å². The molecule has 0 saturated heterocycles. The van der Waals surface area contributed by atoms with Crippen LogP contribution in [-0.2, 0) is 0 Å². The number of nitriles is 2. The third-order valence-electron chi connectivity index (χ3n) is 9.19. The number of para-hydroxylation sites is 2. The molecule has 3 aromatic heterocycles. The second-order valence-electron chi connectivity index (χ2n) is 11.9. The molecule has 0 unspecified atom stereocenters. The molecule has 6 aromatic carbocycles. The predicted octanol–water partition coefficient (Wildman–Crippen LogP) is 10.4. The minimum absolute atomic E-state index is 0.620. The summed E-state index contributed by atoms with van der Waals surface area (Å²) >= 11 is 0. The van der Waals surface area contributed by atoms with Gasteiger partial charge in [0.25, 0.3) is 0 Å². The van der Waals surface area contributed by atoms with Crippen molar-refractivity contribution in [3.63, 3.8) is 0 Å². The van der Waals surface area contributed by atoms with Crippen LogP contribution < -0.4 is 0 Å². The van der Waals surface area contributed by atoms with Crippen LogP contribution in [0.5, 0.6) is 0 Å². The van der Waals surface area contributed by atoms with E-state index in [1.165, 1.54) is 0 Å². The molecule has 0 spiro atoms. The molecule has 48 heavy (non-hydrogen) atoms. The van der Waals surface area contributed by atoms with E-state index in [-0.39, 0.29) is 0 Å². The first-order valence-electron chi connectivity index (χ1n) is 15.7. The van der Waals surface area contributed by atoms with E-state index in [1.807, 2.05) is 60.8 Å². The van der Waals surface area contributed by atoms with Gasteiger partial charge < -0.3 is 4.57 Å². The summed E-state index contributed by atoms with van der Waals surface area (Å²) in [6, 6.07) is 54.3. The Hall–Kier alpha value is -6.95. The summed E-state index contributed by atoms with van der Waals surface area (Å²) in [5, 5.41) is 23.8. The maximum Gasteiger partial charge on any atom is 0.145 e. The molecule has 0 aliphatic rings. The van der Waals surface area contributed by atoms with E-state index in [0.717, 1.165) is 77.4 Å². The van der Waals surface area contributed by atoms with Gasteiger partial charge in [0.15, 0.2) is 0 Å². The third kappa shape index (κ3) is 4.20. The Kier molecular flexibility index (Phi) is 6.18. The van der Waals surface area contributed by atoms with Crippen molar-refractivity contribution < 1.29 is 0 Å². The molecular weight excluding hydrogens is 587 g/mol. The van der Waals surface area contributed by atoms with Crippen LogP contribution in [0.3, 0.4) is 0 Å². The molecule has 0 radical (unpaired) electrons. The highest BCUT2D eigenvalue weighted by atomic mass is 15.1. The van der Waals surface area contributed by atoms with Crippen molar-refractivity contribution in [3.8, 4) is 45.8 Å². The van der Waals surface area contributed by atoms with Gasteiger partial charge in [0.05, 0.1) is 45.5 Å². The van der Waals surface area contributed by atoms with Crippen molar-refractivity contribution >= 4 is 43.7 Å². The fourth-order valence-electron chi connectivity index (χ4n) is 7.13. The standard InChI is InChI=1S/C43H25N5/c44-26-28-9-7-10-30(21-28)34-11-1-2-12-35(34)31-23-32(47-40-16-5-4-14-37(40)39-22-29(27-45)18-19-42(39)47)25-33(24-31)48-41-17-6-3-13-36(41)38-15-8-20-46-43(38)48/h1-25H. The smallest absolute Gasteiger partial charge is 0.145 e. The topological polar surface area (TPSA) is 70.3 Å². The Morgan fingerprint density at radius 2 is 1.04 bits per heavy atom. The Morgan fingerprint density at radius 1 is 0.438 bits per heavy atom. The van der Waals surface area contributed by atoms with Crippen molar-refractivity contribution in [3.05, 3.63) is 163 Å². The van der Waals surface area contributed by atoms with E-state index in [0.29, 0.717) is 11.1 Å². The maximum atomic E-state index is 9.74.